The summed E-state index contributed by atoms with van der Waals surface area (Å²) in [6.45, 7) is 6.71. The van der Waals surface area contributed by atoms with Gasteiger partial charge >= 0.3 is 0 Å². The summed E-state index contributed by atoms with van der Waals surface area (Å²) in [5.74, 6) is 1.74. The molecule has 2 N–H and O–H groups in total. The predicted molar refractivity (Wildman–Crippen MR) is 102 cm³/mol. The van der Waals surface area contributed by atoms with E-state index in [-0.39, 0.29) is 6.10 Å². The Morgan fingerprint density at radius 3 is 2.78 bits per heavy atom. The van der Waals surface area contributed by atoms with E-state index in [0.29, 0.717) is 11.3 Å². The van der Waals surface area contributed by atoms with E-state index in [1.54, 1.807) is 0 Å². The van der Waals surface area contributed by atoms with Gasteiger partial charge in [0.05, 0.1) is 17.1 Å². The normalized spacial score (nSPS) is 11.0. The Bertz CT molecular complexity index is 727. The summed E-state index contributed by atoms with van der Waals surface area (Å²) >= 11 is 12.4. The average molecular weight is 464 g/mol. The highest BCUT2D eigenvalue weighted by molar-refractivity contribution is 9.11. The van der Waals surface area contributed by atoms with Crippen molar-refractivity contribution in [2.24, 2.45) is 0 Å². The molecule has 0 fully saturated rings. The highest BCUT2D eigenvalue weighted by Crippen LogP contribution is 2.33. The molecule has 2 aromatic rings. The van der Waals surface area contributed by atoms with Gasteiger partial charge in [0.25, 0.3) is 0 Å². The summed E-state index contributed by atoms with van der Waals surface area (Å²) in [4.78, 5) is 0. The van der Waals surface area contributed by atoms with Crippen LogP contribution in [-0.2, 0) is 13.0 Å². The lowest BCUT2D eigenvalue weighted by atomic mass is 10.2. The quantitative estimate of drug-likeness (QED) is 0.570. The molecule has 0 atom stereocenters. The number of H-pyrrole nitrogens is 1. The maximum absolute atomic E-state index is 5.94. The summed E-state index contributed by atoms with van der Waals surface area (Å²) in [5, 5.41) is 7.09. The van der Waals surface area contributed by atoms with Crippen molar-refractivity contribution in [2.75, 3.05) is 5.43 Å². The molecule has 8 heteroatoms. The number of nitrogens with one attached hydrogen (secondary N) is 2. The zero-order chi connectivity index (χ0) is 17.0. The van der Waals surface area contributed by atoms with Crippen molar-refractivity contribution >= 4 is 44.1 Å². The Labute approximate surface area is 158 Å². The lowest BCUT2D eigenvalue weighted by Crippen LogP contribution is -2.19. The minimum atomic E-state index is 0.0953. The second-order valence-corrected chi connectivity index (χ2v) is 7.56. The van der Waals surface area contributed by atoms with Crippen molar-refractivity contribution < 1.29 is 4.74 Å². The van der Waals surface area contributed by atoms with Gasteiger partial charge in [-0.05, 0) is 60.5 Å². The fourth-order valence-corrected chi connectivity index (χ4v) is 3.78. The Hall–Kier alpha value is -0.860. The van der Waals surface area contributed by atoms with Crippen LogP contribution >= 0.6 is 44.1 Å². The Balaban J connectivity index is 2.26. The van der Waals surface area contributed by atoms with Crippen LogP contribution in [0.5, 0.6) is 5.75 Å². The second-order valence-electron chi connectivity index (χ2n) is 5.41. The molecule has 0 unspecified atom stereocenters. The molecule has 126 valence electrons. The minimum absolute atomic E-state index is 0.0953. The van der Waals surface area contributed by atoms with E-state index in [9.17, 15) is 0 Å². The van der Waals surface area contributed by atoms with Gasteiger partial charge in [-0.1, -0.05) is 22.9 Å². The third-order valence-corrected chi connectivity index (χ3v) is 4.40. The SMILES string of the molecule is CCCc1n[nH]c(=S)n1NCc1cc(Br)cc(Br)c1OC(C)C. The average Bonchev–Trinajstić information content (AvgIpc) is 2.81. The van der Waals surface area contributed by atoms with Gasteiger partial charge in [0.1, 0.15) is 5.75 Å². The summed E-state index contributed by atoms with van der Waals surface area (Å²) in [6.07, 6.45) is 1.96. The molecule has 0 radical (unpaired) electrons. The molecule has 0 spiro atoms. The van der Waals surface area contributed by atoms with Crippen molar-refractivity contribution in [1.29, 1.82) is 0 Å². The van der Waals surface area contributed by atoms with E-state index in [0.717, 1.165) is 38.9 Å². The molecular weight excluding hydrogens is 444 g/mol. The molecule has 0 saturated heterocycles. The maximum atomic E-state index is 5.94. The van der Waals surface area contributed by atoms with E-state index in [1.807, 2.05) is 30.7 Å². The molecule has 0 aliphatic carbocycles. The number of aromatic nitrogens is 3. The van der Waals surface area contributed by atoms with Gasteiger partial charge in [0.2, 0.25) is 4.77 Å². The predicted octanol–water partition coefficient (Wildman–Crippen LogP) is 4.95. The van der Waals surface area contributed by atoms with E-state index < -0.39 is 0 Å². The van der Waals surface area contributed by atoms with Crippen LogP contribution in [0, 0.1) is 4.77 Å². The summed E-state index contributed by atoms with van der Waals surface area (Å²) in [7, 11) is 0. The van der Waals surface area contributed by atoms with Gasteiger partial charge in [-0.25, -0.2) is 4.68 Å². The van der Waals surface area contributed by atoms with Gasteiger partial charge in [-0.15, -0.1) is 0 Å². The molecule has 1 heterocycles. The van der Waals surface area contributed by atoms with Crippen LogP contribution in [0.25, 0.3) is 0 Å². The van der Waals surface area contributed by atoms with Gasteiger partial charge in [-0.2, -0.15) is 5.10 Å². The Morgan fingerprint density at radius 1 is 1.39 bits per heavy atom. The van der Waals surface area contributed by atoms with Gasteiger partial charge < -0.3 is 10.2 Å². The molecule has 5 nitrogen and oxygen atoms in total. The number of aromatic amines is 1. The molecule has 23 heavy (non-hydrogen) atoms. The third-order valence-electron chi connectivity index (χ3n) is 3.08. The topological polar surface area (TPSA) is 54.9 Å². The van der Waals surface area contributed by atoms with Crippen LogP contribution in [0.15, 0.2) is 21.1 Å². The molecule has 1 aromatic carbocycles. The highest BCUT2D eigenvalue weighted by Gasteiger charge is 2.13. The summed E-state index contributed by atoms with van der Waals surface area (Å²) in [5.41, 5.74) is 4.36. The minimum Gasteiger partial charge on any atom is -0.489 e. The van der Waals surface area contributed by atoms with Crippen LogP contribution < -0.4 is 10.2 Å². The zero-order valence-electron chi connectivity index (χ0n) is 13.3. The van der Waals surface area contributed by atoms with E-state index in [4.69, 9.17) is 17.0 Å². The van der Waals surface area contributed by atoms with Gasteiger partial charge in [0.15, 0.2) is 5.82 Å². The summed E-state index contributed by atoms with van der Waals surface area (Å²) < 4.78 is 10.2. The smallest absolute Gasteiger partial charge is 0.214 e. The number of ether oxygens (including phenoxy) is 1. The molecule has 0 bridgehead atoms. The number of aryl methyl sites for hydroxylation is 1. The fraction of sp³-hybridized carbons (Fsp3) is 0.467. The first-order valence-electron chi connectivity index (χ1n) is 7.47. The van der Waals surface area contributed by atoms with E-state index >= 15 is 0 Å². The first-order chi connectivity index (χ1) is 10.9. The first-order valence-corrected chi connectivity index (χ1v) is 9.46. The summed E-state index contributed by atoms with van der Waals surface area (Å²) in [6, 6.07) is 4.02. The standard InChI is InChI=1S/C15H20Br2N4OS/c1-4-5-13-19-20-15(23)21(13)18-8-10-6-11(16)7-12(17)14(10)22-9(2)3/h6-7,9,18H,4-5,8H2,1-3H3,(H,20,23). The van der Waals surface area contributed by atoms with Crippen molar-refractivity contribution in [3.8, 4) is 5.75 Å². The number of rotatable bonds is 7. The van der Waals surface area contributed by atoms with Crippen LogP contribution in [0.4, 0.5) is 0 Å². The third kappa shape index (κ3) is 4.81. The Morgan fingerprint density at radius 2 is 2.13 bits per heavy atom. The monoisotopic (exact) mass is 462 g/mol. The number of nitrogens with zero attached hydrogens (tertiary/aromatic N) is 2. The first kappa shape index (κ1) is 18.5. The molecule has 2 rings (SSSR count). The van der Waals surface area contributed by atoms with Crippen molar-refractivity contribution in [3.63, 3.8) is 0 Å². The van der Waals surface area contributed by atoms with Crippen LogP contribution in [0.2, 0.25) is 0 Å². The number of hydrogen-bond donors (Lipinski definition) is 2. The highest BCUT2D eigenvalue weighted by atomic mass is 79.9. The molecule has 0 aliphatic heterocycles. The Kier molecular flexibility index (Phi) is 6.67. The lowest BCUT2D eigenvalue weighted by molar-refractivity contribution is 0.238. The van der Waals surface area contributed by atoms with Crippen molar-refractivity contribution in [1.82, 2.24) is 14.9 Å². The molecule has 0 aliphatic rings. The molecule has 0 saturated carbocycles. The number of hydrogen-bond acceptors (Lipinski definition) is 4. The van der Waals surface area contributed by atoms with Crippen molar-refractivity contribution in [3.05, 3.63) is 37.2 Å². The van der Waals surface area contributed by atoms with E-state index in [1.165, 1.54) is 0 Å². The molecular formula is C15H20Br2N4OS. The fourth-order valence-electron chi connectivity index (χ4n) is 2.16. The maximum Gasteiger partial charge on any atom is 0.214 e. The molecule has 0 amide bonds. The molecule has 1 aromatic heterocycles. The number of halogens is 2. The zero-order valence-corrected chi connectivity index (χ0v) is 17.3. The number of benzene rings is 1. The lowest BCUT2D eigenvalue weighted by Gasteiger charge is -2.18. The van der Waals surface area contributed by atoms with Crippen LogP contribution in [0.1, 0.15) is 38.6 Å². The van der Waals surface area contributed by atoms with Crippen LogP contribution in [0.3, 0.4) is 0 Å². The van der Waals surface area contributed by atoms with Gasteiger partial charge in [0, 0.05) is 16.5 Å². The largest absolute Gasteiger partial charge is 0.489 e. The van der Waals surface area contributed by atoms with Crippen LogP contribution in [-0.4, -0.2) is 21.0 Å². The van der Waals surface area contributed by atoms with E-state index in [2.05, 4.69) is 54.4 Å². The van der Waals surface area contributed by atoms with Gasteiger partial charge in [-0.3, -0.25) is 5.10 Å². The second kappa shape index (κ2) is 8.30. The van der Waals surface area contributed by atoms with Crippen molar-refractivity contribution in [2.45, 2.75) is 46.3 Å².